The van der Waals surface area contributed by atoms with Crippen LogP contribution in [0.2, 0.25) is 0 Å². The van der Waals surface area contributed by atoms with Gasteiger partial charge in [-0.3, -0.25) is 9.59 Å². The first kappa shape index (κ1) is 17.7. The van der Waals surface area contributed by atoms with Crippen molar-refractivity contribution >= 4 is 17.9 Å². The van der Waals surface area contributed by atoms with Crippen molar-refractivity contribution in [2.75, 3.05) is 26.2 Å². The van der Waals surface area contributed by atoms with Crippen LogP contribution in [0.3, 0.4) is 0 Å². The molecule has 4 heteroatoms. The van der Waals surface area contributed by atoms with Crippen LogP contribution in [-0.4, -0.2) is 47.8 Å². The van der Waals surface area contributed by atoms with Crippen LogP contribution in [0.25, 0.3) is 6.08 Å². The van der Waals surface area contributed by atoms with Gasteiger partial charge in [0.25, 0.3) is 0 Å². The van der Waals surface area contributed by atoms with Gasteiger partial charge in [-0.1, -0.05) is 29.8 Å². The number of hydrogen-bond acceptors (Lipinski definition) is 2. The Kier molecular flexibility index (Phi) is 5.90. The van der Waals surface area contributed by atoms with Crippen molar-refractivity contribution < 1.29 is 9.59 Å². The zero-order valence-electron chi connectivity index (χ0n) is 15.1. The number of aryl methyl sites for hydroxylation is 1. The molecule has 1 aromatic carbocycles. The molecule has 0 bridgehead atoms. The second kappa shape index (κ2) is 8.32. The minimum atomic E-state index is 0.0458. The molecule has 0 spiro atoms. The highest BCUT2D eigenvalue weighted by Crippen LogP contribution is 2.22. The lowest BCUT2D eigenvalue weighted by Gasteiger charge is -2.35. The van der Waals surface area contributed by atoms with Crippen LogP contribution in [0.4, 0.5) is 0 Å². The van der Waals surface area contributed by atoms with Gasteiger partial charge in [0.1, 0.15) is 0 Å². The fourth-order valence-electron chi connectivity index (χ4n) is 3.67. The highest BCUT2D eigenvalue weighted by Gasteiger charge is 2.30. The molecule has 2 saturated heterocycles. The predicted molar refractivity (Wildman–Crippen MR) is 99.9 cm³/mol. The highest BCUT2D eigenvalue weighted by atomic mass is 16.2. The largest absolute Gasteiger partial charge is 0.342 e. The van der Waals surface area contributed by atoms with Crippen LogP contribution in [0, 0.1) is 12.8 Å². The average molecular weight is 340 g/mol. The number of likely N-dealkylation sites (tertiary alicyclic amines) is 2. The van der Waals surface area contributed by atoms with Gasteiger partial charge < -0.3 is 9.80 Å². The van der Waals surface area contributed by atoms with Crippen molar-refractivity contribution in [3.05, 3.63) is 41.5 Å². The van der Waals surface area contributed by atoms with E-state index in [0.717, 1.165) is 44.3 Å². The number of carbonyl (C=O) groups is 2. The van der Waals surface area contributed by atoms with Gasteiger partial charge in [-0.2, -0.15) is 0 Å². The van der Waals surface area contributed by atoms with E-state index >= 15 is 0 Å². The molecule has 1 aromatic rings. The summed E-state index contributed by atoms with van der Waals surface area (Å²) in [6, 6.07) is 8.12. The molecule has 0 atom stereocenters. The molecule has 2 aliphatic heterocycles. The van der Waals surface area contributed by atoms with Gasteiger partial charge in [-0.25, -0.2) is 0 Å². The second-order valence-corrected chi connectivity index (χ2v) is 7.23. The maximum absolute atomic E-state index is 12.6. The second-order valence-electron chi connectivity index (χ2n) is 7.23. The first-order valence-corrected chi connectivity index (χ1v) is 9.46. The minimum absolute atomic E-state index is 0.0458. The molecule has 0 aliphatic carbocycles. The minimum Gasteiger partial charge on any atom is -0.342 e. The van der Waals surface area contributed by atoms with E-state index in [2.05, 4.69) is 0 Å². The van der Waals surface area contributed by atoms with Gasteiger partial charge in [-0.15, -0.1) is 0 Å². The Balaban J connectivity index is 1.48. The summed E-state index contributed by atoms with van der Waals surface area (Å²) < 4.78 is 0. The van der Waals surface area contributed by atoms with Gasteiger partial charge in [0.05, 0.1) is 0 Å². The van der Waals surface area contributed by atoms with Crippen molar-refractivity contribution in [2.24, 2.45) is 5.92 Å². The van der Waals surface area contributed by atoms with Crippen LogP contribution in [0.5, 0.6) is 0 Å². The van der Waals surface area contributed by atoms with E-state index in [4.69, 9.17) is 0 Å². The molecule has 4 nitrogen and oxygen atoms in total. The first-order valence-electron chi connectivity index (χ1n) is 9.46. The van der Waals surface area contributed by atoms with E-state index < -0.39 is 0 Å². The van der Waals surface area contributed by atoms with Gasteiger partial charge in [0.15, 0.2) is 0 Å². The number of piperidine rings is 2. The van der Waals surface area contributed by atoms with Crippen molar-refractivity contribution in [3.8, 4) is 0 Å². The van der Waals surface area contributed by atoms with Crippen LogP contribution in [-0.2, 0) is 9.59 Å². The summed E-state index contributed by atoms with van der Waals surface area (Å²) in [5, 5.41) is 0. The van der Waals surface area contributed by atoms with Gasteiger partial charge >= 0.3 is 0 Å². The number of carbonyl (C=O) groups excluding carboxylic acids is 2. The highest BCUT2D eigenvalue weighted by molar-refractivity contribution is 5.92. The van der Waals surface area contributed by atoms with Crippen molar-refractivity contribution in [2.45, 2.75) is 39.0 Å². The first-order chi connectivity index (χ1) is 12.1. The predicted octanol–water partition coefficient (Wildman–Crippen LogP) is 3.26. The fraction of sp³-hybridized carbons (Fsp3) is 0.524. The molecular weight excluding hydrogens is 312 g/mol. The summed E-state index contributed by atoms with van der Waals surface area (Å²) in [4.78, 5) is 28.8. The molecular formula is C21H28N2O2. The third-order valence-corrected chi connectivity index (χ3v) is 5.32. The number of hydrogen-bond donors (Lipinski definition) is 0. The summed E-state index contributed by atoms with van der Waals surface area (Å²) in [6.45, 7) is 5.24. The Morgan fingerprint density at radius 2 is 1.56 bits per heavy atom. The van der Waals surface area contributed by atoms with Crippen LogP contribution in [0.15, 0.2) is 30.3 Å². The third kappa shape index (κ3) is 4.71. The van der Waals surface area contributed by atoms with Gasteiger partial charge in [0, 0.05) is 38.2 Å². The summed E-state index contributed by atoms with van der Waals surface area (Å²) >= 11 is 0. The maximum atomic E-state index is 12.6. The molecule has 2 amide bonds. The van der Waals surface area contributed by atoms with E-state index in [0.29, 0.717) is 19.0 Å². The van der Waals surface area contributed by atoms with Gasteiger partial charge in [0.2, 0.25) is 11.8 Å². The molecule has 0 aromatic heterocycles. The maximum Gasteiger partial charge on any atom is 0.246 e. The molecule has 0 N–H and O–H groups in total. The Labute approximate surface area is 150 Å². The van der Waals surface area contributed by atoms with Crippen molar-refractivity contribution in [1.82, 2.24) is 9.80 Å². The molecule has 2 aliphatic rings. The Morgan fingerprint density at radius 3 is 2.20 bits per heavy atom. The molecule has 2 heterocycles. The SMILES string of the molecule is Cc1ccc(/C=C/C(=O)N2CCC(C(=O)N3CCCCC3)CC2)cc1. The lowest BCUT2D eigenvalue weighted by atomic mass is 9.94. The molecule has 0 unspecified atom stereocenters. The average Bonchev–Trinajstić information content (AvgIpc) is 2.67. The molecule has 0 saturated carbocycles. The third-order valence-electron chi connectivity index (χ3n) is 5.32. The monoisotopic (exact) mass is 340 g/mol. The fourth-order valence-corrected chi connectivity index (χ4v) is 3.67. The smallest absolute Gasteiger partial charge is 0.246 e. The number of benzene rings is 1. The Bertz CT molecular complexity index is 622. The van der Waals surface area contributed by atoms with E-state index in [1.165, 1.54) is 12.0 Å². The lowest BCUT2D eigenvalue weighted by Crippen LogP contribution is -2.45. The van der Waals surface area contributed by atoms with Crippen LogP contribution >= 0.6 is 0 Å². The van der Waals surface area contributed by atoms with E-state index in [1.54, 1.807) is 6.08 Å². The zero-order valence-corrected chi connectivity index (χ0v) is 15.1. The van der Waals surface area contributed by atoms with Crippen LogP contribution < -0.4 is 0 Å². The Hall–Kier alpha value is -2.10. The standard InChI is InChI=1S/C21H28N2O2/c1-17-5-7-18(8-6-17)9-10-20(24)22-15-11-19(12-16-22)21(25)23-13-3-2-4-14-23/h5-10,19H,2-4,11-16H2,1H3/b10-9+. The molecule has 134 valence electrons. The van der Waals surface area contributed by atoms with Crippen LogP contribution in [0.1, 0.15) is 43.2 Å². The normalized spacial score (nSPS) is 19.4. The van der Waals surface area contributed by atoms with E-state index in [1.807, 2.05) is 47.1 Å². The molecule has 0 radical (unpaired) electrons. The topological polar surface area (TPSA) is 40.6 Å². The number of rotatable bonds is 3. The quantitative estimate of drug-likeness (QED) is 0.793. The summed E-state index contributed by atoms with van der Waals surface area (Å²) in [6.07, 6.45) is 8.60. The summed E-state index contributed by atoms with van der Waals surface area (Å²) in [5.74, 6) is 0.453. The van der Waals surface area contributed by atoms with E-state index in [-0.39, 0.29) is 11.8 Å². The van der Waals surface area contributed by atoms with Crippen molar-refractivity contribution in [1.29, 1.82) is 0 Å². The Morgan fingerprint density at radius 1 is 0.920 bits per heavy atom. The summed E-state index contributed by atoms with van der Waals surface area (Å²) in [7, 11) is 0. The van der Waals surface area contributed by atoms with E-state index in [9.17, 15) is 9.59 Å². The number of nitrogens with zero attached hydrogens (tertiary/aromatic N) is 2. The lowest BCUT2D eigenvalue weighted by molar-refractivity contribution is -0.140. The summed E-state index contributed by atoms with van der Waals surface area (Å²) in [5.41, 5.74) is 2.25. The van der Waals surface area contributed by atoms with Crippen molar-refractivity contribution in [3.63, 3.8) is 0 Å². The molecule has 25 heavy (non-hydrogen) atoms. The molecule has 3 rings (SSSR count). The molecule has 2 fully saturated rings. The number of amides is 2. The zero-order chi connectivity index (χ0) is 17.6. The van der Waals surface area contributed by atoms with Gasteiger partial charge in [-0.05, 0) is 50.7 Å².